The fraction of sp³-hybridized carbons (Fsp3) is 0.500. The number of aryl methyl sites for hydroxylation is 1. The predicted molar refractivity (Wildman–Crippen MR) is 65.8 cm³/mol. The average Bonchev–Trinajstić information content (AvgIpc) is 2.32. The average molecular weight is 238 g/mol. The fourth-order valence-corrected chi connectivity index (χ4v) is 1.56. The summed E-state index contributed by atoms with van der Waals surface area (Å²) in [5, 5.41) is 22.9. The lowest BCUT2D eigenvalue weighted by molar-refractivity contribution is -0.385. The number of benzene rings is 1. The lowest BCUT2D eigenvalue weighted by Gasteiger charge is -2.13. The van der Waals surface area contributed by atoms with Crippen LogP contribution in [0, 0.1) is 17.0 Å². The first-order valence-corrected chi connectivity index (χ1v) is 5.66. The van der Waals surface area contributed by atoms with E-state index in [0.29, 0.717) is 12.1 Å². The van der Waals surface area contributed by atoms with Crippen molar-refractivity contribution >= 4 is 5.69 Å². The molecule has 0 amide bonds. The first kappa shape index (κ1) is 13.6. The lowest BCUT2D eigenvalue weighted by atomic mass is 10.1. The Morgan fingerprint density at radius 1 is 1.53 bits per heavy atom. The number of hydrogen-bond acceptors (Lipinski definition) is 4. The summed E-state index contributed by atoms with van der Waals surface area (Å²) in [6, 6.07) is 5.22. The van der Waals surface area contributed by atoms with Crippen molar-refractivity contribution in [2.24, 2.45) is 0 Å². The van der Waals surface area contributed by atoms with Crippen molar-refractivity contribution in [3.05, 3.63) is 39.4 Å². The molecule has 0 aliphatic carbocycles. The van der Waals surface area contributed by atoms with Gasteiger partial charge in [0.2, 0.25) is 0 Å². The minimum absolute atomic E-state index is 0.0374. The quantitative estimate of drug-likeness (QED) is 0.585. The van der Waals surface area contributed by atoms with Gasteiger partial charge in [-0.05, 0) is 18.9 Å². The van der Waals surface area contributed by atoms with Crippen LogP contribution in [-0.2, 0) is 6.54 Å². The highest BCUT2D eigenvalue weighted by atomic mass is 16.6. The van der Waals surface area contributed by atoms with Gasteiger partial charge in [-0.3, -0.25) is 10.1 Å². The van der Waals surface area contributed by atoms with Gasteiger partial charge in [-0.25, -0.2) is 0 Å². The van der Waals surface area contributed by atoms with E-state index in [4.69, 9.17) is 5.11 Å². The summed E-state index contributed by atoms with van der Waals surface area (Å²) in [5.74, 6) is 0. The Labute approximate surface area is 101 Å². The van der Waals surface area contributed by atoms with Gasteiger partial charge < -0.3 is 10.4 Å². The maximum Gasteiger partial charge on any atom is 0.272 e. The van der Waals surface area contributed by atoms with E-state index in [1.807, 2.05) is 13.0 Å². The first-order chi connectivity index (χ1) is 8.08. The number of hydrogen-bond donors (Lipinski definition) is 2. The number of nitrogens with one attached hydrogen (secondary N) is 1. The Balaban J connectivity index is 2.72. The molecule has 0 saturated heterocycles. The summed E-state index contributed by atoms with van der Waals surface area (Å²) in [6.07, 6.45) is 0.824. The molecule has 0 aliphatic rings. The van der Waals surface area contributed by atoms with Gasteiger partial charge >= 0.3 is 0 Å². The molecule has 0 spiro atoms. The summed E-state index contributed by atoms with van der Waals surface area (Å²) in [4.78, 5) is 10.4. The molecule has 1 aromatic carbocycles. The molecule has 1 rings (SSSR count). The van der Waals surface area contributed by atoms with Crippen LogP contribution >= 0.6 is 0 Å². The van der Waals surface area contributed by atoms with E-state index in [9.17, 15) is 10.1 Å². The zero-order chi connectivity index (χ0) is 12.8. The number of nitro groups is 1. The van der Waals surface area contributed by atoms with Gasteiger partial charge in [0.15, 0.2) is 0 Å². The van der Waals surface area contributed by atoms with Crippen LogP contribution in [0.15, 0.2) is 18.2 Å². The van der Waals surface area contributed by atoms with Crippen LogP contribution in [0.1, 0.15) is 24.5 Å². The third kappa shape index (κ3) is 3.80. The Kier molecular flexibility index (Phi) is 5.06. The standard InChI is InChI=1S/C12H18N2O3/c1-3-11(8-15)13-7-10-5-4-9(2)12(6-10)14(16)17/h4-6,11,13,15H,3,7-8H2,1-2H3/t11-/m1/s1. The number of aliphatic hydroxyl groups excluding tert-OH is 1. The zero-order valence-electron chi connectivity index (χ0n) is 10.1. The van der Waals surface area contributed by atoms with Crippen molar-refractivity contribution < 1.29 is 10.0 Å². The van der Waals surface area contributed by atoms with Crippen LogP contribution in [0.3, 0.4) is 0 Å². The highest BCUT2D eigenvalue weighted by Crippen LogP contribution is 2.19. The van der Waals surface area contributed by atoms with Crippen molar-refractivity contribution in [1.82, 2.24) is 5.32 Å². The van der Waals surface area contributed by atoms with Gasteiger partial charge in [-0.2, -0.15) is 0 Å². The maximum atomic E-state index is 10.8. The van der Waals surface area contributed by atoms with Crippen LogP contribution in [0.25, 0.3) is 0 Å². The van der Waals surface area contributed by atoms with E-state index >= 15 is 0 Å². The first-order valence-electron chi connectivity index (χ1n) is 5.66. The Morgan fingerprint density at radius 2 is 2.24 bits per heavy atom. The Bertz CT molecular complexity index is 389. The molecule has 0 saturated carbocycles. The molecule has 94 valence electrons. The van der Waals surface area contributed by atoms with Crippen molar-refractivity contribution in [3.8, 4) is 0 Å². The molecule has 0 fully saturated rings. The number of aliphatic hydroxyl groups is 1. The lowest BCUT2D eigenvalue weighted by Crippen LogP contribution is -2.31. The van der Waals surface area contributed by atoms with Crippen LogP contribution in [0.5, 0.6) is 0 Å². The van der Waals surface area contributed by atoms with Crippen LogP contribution < -0.4 is 5.32 Å². The van der Waals surface area contributed by atoms with E-state index in [-0.39, 0.29) is 23.3 Å². The minimum atomic E-state index is -0.373. The summed E-state index contributed by atoms with van der Waals surface area (Å²) < 4.78 is 0. The normalized spacial score (nSPS) is 12.4. The summed E-state index contributed by atoms with van der Waals surface area (Å²) in [6.45, 7) is 4.30. The van der Waals surface area contributed by atoms with Crippen molar-refractivity contribution in [2.45, 2.75) is 32.9 Å². The van der Waals surface area contributed by atoms with Gasteiger partial charge in [-0.1, -0.05) is 19.1 Å². The topological polar surface area (TPSA) is 75.4 Å². The summed E-state index contributed by atoms with van der Waals surface area (Å²) >= 11 is 0. The third-order valence-electron chi connectivity index (χ3n) is 2.78. The largest absolute Gasteiger partial charge is 0.395 e. The number of rotatable bonds is 6. The van der Waals surface area contributed by atoms with Crippen LogP contribution in [-0.4, -0.2) is 22.7 Å². The van der Waals surface area contributed by atoms with Crippen molar-refractivity contribution in [1.29, 1.82) is 0 Å². The summed E-state index contributed by atoms with van der Waals surface area (Å²) in [5.41, 5.74) is 1.66. The molecule has 5 heteroatoms. The summed E-state index contributed by atoms with van der Waals surface area (Å²) in [7, 11) is 0. The molecule has 0 heterocycles. The molecule has 0 unspecified atom stereocenters. The molecule has 0 radical (unpaired) electrons. The smallest absolute Gasteiger partial charge is 0.272 e. The zero-order valence-corrected chi connectivity index (χ0v) is 10.1. The number of nitrogens with zero attached hydrogens (tertiary/aromatic N) is 1. The van der Waals surface area contributed by atoms with Gasteiger partial charge in [-0.15, -0.1) is 0 Å². The Morgan fingerprint density at radius 3 is 2.76 bits per heavy atom. The second-order valence-corrected chi connectivity index (χ2v) is 4.05. The monoisotopic (exact) mass is 238 g/mol. The molecule has 0 aromatic heterocycles. The maximum absolute atomic E-state index is 10.8. The predicted octanol–water partition coefficient (Wildman–Crippen LogP) is 1.76. The molecule has 5 nitrogen and oxygen atoms in total. The molecule has 1 aromatic rings. The van der Waals surface area contributed by atoms with E-state index in [2.05, 4.69) is 5.32 Å². The van der Waals surface area contributed by atoms with Gasteiger partial charge in [0.25, 0.3) is 5.69 Å². The van der Waals surface area contributed by atoms with E-state index in [1.54, 1.807) is 19.1 Å². The molecule has 1 atom stereocenters. The van der Waals surface area contributed by atoms with Gasteiger partial charge in [0, 0.05) is 24.2 Å². The minimum Gasteiger partial charge on any atom is -0.395 e. The third-order valence-corrected chi connectivity index (χ3v) is 2.78. The molecule has 0 aliphatic heterocycles. The SMILES string of the molecule is CC[C@H](CO)NCc1ccc(C)c([N+](=O)[O-])c1. The Hall–Kier alpha value is -1.46. The van der Waals surface area contributed by atoms with Crippen LogP contribution in [0.2, 0.25) is 0 Å². The highest BCUT2D eigenvalue weighted by molar-refractivity contribution is 5.42. The van der Waals surface area contributed by atoms with Gasteiger partial charge in [0.05, 0.1) is 11.5 Å². The van der Waals surface area contributed by atoms with Crippen molar-refractivity contribution in [3.63, 3.8) is 0 Å². The van der Waals surface area contributed by atoms with Gasteiger partial charge in [0.1, 0.15) is 0 Å². The molecule has 0 bridgehead atoms. The van der Waals surface area contributed by atoms with Crippen LogP contribution in [0.4, 0.5) is 5.69 Å². The second kappa shape index (κ2) is 6.32. The van der Waals surface area contributed by atoms with Crippen molar-refractivity contribution in [2.75, 3.05) is 6.61 Å². The van der Waals surface area contributed by atoms with E-state index < -0.39 is 0 Å². The fourth-order valence-electron chi connectivity index (χ4n) is 1.56. The molecular weight excluding hydrogens is 220 g/mol. The second-order valence-electron chi connectivity index (χ2n) is 4.05. The molecular formula is C12H18N2O3. The number of nitro benzene ring substituents is 1. The van der Waals surface area contributed by atoms with E-state index in [1.165, 1.54) is 0 Å². The molecule has 2 N–H and O–H groups in total. The van der Waals surface area contributed by atoms with E-state index in [0.717, 1.165) is 12.0 Å². The highest BCUT2D eigenvalue weighted by Gasteiger charge is 2.11. The molecule has 17 heavy (non-hydrogen) atoms.